The van der Waals surface area contributed by atoms with Crippen LogP contribution in [0.3, 0.4) is 0 Å². The number of piperidine rings is 1. The van der Waals surface area contributed by atoms with Gasteiger partial charge in [-0.15, -0.1) is 0 Å². The first kappa shape index (κ1) is 19.4. The van der Waals surface area contributed by atoms with Crippen LogP contribution in [-0.2, 0) is 18.2 Å². The summed E-state index contributed by atoms with van der Waals surface area (Å²) in [6, 6.07) is 2.54. The molecule has 2 saturated heterocycles. The maximum atomic E-state index is 12.9. The molecule has 0 aromatic carbocycles. The molecule has 0 spiro atoms. The molecule has 0 aliphatic carbocycles. The number of hydrogen-bond donors (Lipinski definition) is 0. The Morgan fingerprint density at radius 3 is 2.42 bits per heavy atom. The predicted octanol–water partition coefficient (Wildman–Crippen LogP) is 2.33. The summed E-state index contributed by atoms with van der Waals surface area (Å²) in [7, 11) is 1.88. The third-order valence-electron chi connectivity index (χ3n) is 5.48. The Morgan fingerprint density at radius 2 is 1.85 bits per heavy atom. The second-order valence-corrected chi connectivity index (χ2v) is 8.48. The lowest BCUT2D eigenvalue weighted by Gasteiger charge is -2.43. The van der Waals surface area contributed by atoms with Crippen molar-refractivity contribution in [1.29, 1.82) is 0 Å². The van der Waals surface area contributed by atoms with Crippen LogP contribution in [0.15, 0.2) is 6.07 Å². The van der Waals surface area contributed by atoms with Crippen molar-refractivity contribution in [1.82, 2.24) is 19.6 Å². The fraction of sp³-hybridized carbons (Fsp3) is 0.800. The van der Waals surface area contributed by atoms with Crippen molar-refractivity contribution in [2.24, 2.45) is 13.0 Å². The second-order valence-electron chi connectivity index (χ2n) is 8.48. The molecule has 2 fully saturated rings. The lowest BCUT2D eigenvalue weighted by atomic mass is 10.0. The molecule has 0 N–H and O–H groups in total. The summed E-state index contributed by atoms with van der Waals surface area (Å²) in [6.45, 7) is 12.3. The van der Waals surface area contributed by atoms with Gasteiger partial charge in [-0.25, -0.2) is 0 Å². The van der Waals surface area contributed by atoms with Gasteiger partial charge in [-0.3, -0.25) is 14.4 Å². The molecule has 6 heteroatoms. The molecule has 3 heterocycles. The molecule has 6 nitrogen and oxygen atoms in total. The molecule has 2 aliphatic rings. The first-order chi connectivity index (χ1) is 12.3. The van der Waals surface area contributed by atoms with E-state index < -0.39 is 0 Å². The zero-order chi connectivity index (χ0) is 18.8. The number of aryl methyl sites for hydroxylation is 1. The summed E-state index contributed by atoms with van der Waals surface area (Å²) in [5.41, 5.74) is 1.73. The quantitative estimate of drug-likeness (QED) is 0.825. The third kappa shape index (κ3) is 4.46. The maximum Gasteiger partial charge on any atom is 0.272 e. The Bertz CT molecular complexity index is 609. The van der Waals surface area contributed by atoms with E-state index in [1.807, 2.05) is 18.0 Å². The molecule has 1 amide bonds. The van der Waals surface area contributed by atoms with Crippen molar-refractivity contribution < 1.29 is 9.53 Å². The number of nitrogens with zero attached hydrogens (tertiary/aromatic N) is 4. The first-order valence-electron chi connectivity index (χ1n) is 10.0. The molecular formula is C20H34N4O2. The Balaban J connectivity index is 1.58. The minimum Gasteiger partial charge on any atom is -0.373 e. The topological polar surface area (TPSA) is 50.6 Å². The van der Waals surface area contributed by atoms with Gasteiger partial charge in [-0.2, -0.15) is 5.10 Å². The van der Waals surface area contributed by atoms with Crippen LogP contribution in [0, 0.1) is 5.92 Å². The number of carbonyl (C=O) groups excluding carboxylic acids is 1. The lowest BCUT2D eigenvalue weighted by Crippen LogP contribution is -2.53. The van der Waals surface area contributed by atoms with Crippen LogP contribution in [-0.4, -0.2) is 69.9 Å². The Kier molecular flexibility index (Phi) is 6.03. The number of hydrogen-bond acceptors (Lipinski definition) is 4. The predicted molar refractivity (Wildman–Crippen MR) is 102 cm³/mol. The van der Waals surface area contributed by atoms with Crippen molar-refractivity contribution in [3.05, 3.63) is 17.5 Å². The summed E-state index contributed by atoms with van der Waals surface area (Å²) in [4.78, 5) is 17.5. The first-order valence-corrected chi connectivity index (χ1v) is 10.0. The molecule has 1 aromatic rings. The number of rotatable bonds is 4. The van der Waals surface area contributed by atoms with Crippen LogP contribution in [0.2, 0.25) is 0 Å². The average molecular weight is 363 g/mol. The van der Waals surface area contributed by atoms with Gasteiger partial charge < -0.3 is 9.64 Å². The van der Waals surface area contributed by atoms with E-state index >= 15 is 0 Å². The van der Waals surface area contributed by atoms with E-state index in [9.17, 15) is 4.79 Å². The maximum absolute atomic E-state index is 12.9. The monoisotopic (exact) mass is 362 g/mol. The molecule has 2 atom stereocenters. The van der Waals surface area contributed by atoms with E-state index in [-0.39, 0.29) is 5.91 Å². The van der Waals surface area contributed by atoms with Crippen molar-refractivity contribution in [3.63, 3.8) is 0 Å². The smallest absolute Gasteiger partial charge is 0.272 e. The van der Waals surface area contributed by atoms with E-state index in [0.29, 0.717) is 29.9 Å². The molecule has 26 heavy (non-hydrogen) atoms. The molecule has 1 aromatic heterocycles. The van der Waals surface area contributed by atoms with Gasteiger partial charge in [-0.1, -0.05) is 13.8 Å². The summed E-state index contributed by atoms with van der Waals surface area (Å²) in [5, 5.41) is 4.52. The van der Waals surface area contributed by atoms with Gasteiger partial charge in [0.05, 0.1) is 17.9 Å². The van der Waals surface area contributed by atoms with Crippen LogP contribution in [0.1, 0.15) is 56.7 Å². The zero-order valence-corrected chi connectivity index (χ0v) is 16.9. The lowest BCUT2D eigenvalue weighted by molar-refractivity contribution is -0.0856. The minimum atomic E-state index is 0.122. The minimum absolute atomic E-state index is 0.122. The van der Waals surface area contributed by atoms with Gasteiger partial charge in [-0.05, 0) is 45.1 Å². The number of morpholine rings is 1. The Labute approximate surface area is 157 Å². The van der Waals surface area contributed by atoms with Crippen LogP contribution in [0.4, 0.5) is 0 Å². The van der Waals surface area contributed by atoms with Crippen molar-refractivity contribution in [2.45, 2.75) is 65.2 Å². The fourth-order valence-electron chi connectivity index (χ4n) is 4.36. The number of amides is 1. The molecule has 0 saturated carbocycles. The second kappa shape index (κ2) is 8.09. The van der Waals surface area contributed by atoms with Gasteiger partial charge in [0.1, 0.15) is 5.69 Å². The van der Waals surface area contributed by atoms with E-state index in [1.54, 1.807) is 4.68 Å². The highest BCUT2D eigenvalue weighted by Gasteiger charge is 2.32. The molecule has 146 valence electrons. The van der Waals surface area contributed by atoms with Gasteiger partial charge in [0, 0.05) is 39.3 Å². The van der Waals surface area contributed by atoms with Crippen LogP contribution in [0.25, 0.3) is 0 Å². The van der Waals surface area contributed by atoms with Gasteiger partial charge in [0.2, 0.25) is 0 Å². The van der Waals surface area contributed by atoms with Crippen molar-refractivity contribution in [3.8, 4) is 0 Å². The van der Waals surface area contributed by atoms with Crippen molar-refractivity contribution >= 4 is 5.91 Å². The van der Waals surface area contributed by atoms with Gasteiger partial charge in [0.25, 0.3) is 5.91 Å². The molecule has 0 radical (unpaired) electrons. The summed E-state index contributed by atoms with van der Waals surface area (Å²) in [6.07, 6.45) is 3.60. The highest BCUT2D eigenvalue weighted by Crippen LogP contribution is 2.22. The van der Waals surface area contributed by atoms with Gasteiger partial charge in [0.15, 0.2) is 0 Å². The van der Waals surface area contributed by atoms with E-state index in [4.69, 9.17) is 4.74 Å². The Hall–Kier alpha value is -1.40. The number of aromatic nitrogens is 2. The van der Waals surface area contributed by atoms with E-state index in [1.165, 1.54) is 0 Å². The van der Waals surface area contributed by atoms with Crippen LogP contribution in [0.5, 0.6) is 0 Å². The normalized spacial score (nSPS) is 25.8. The average Bonchev–Trinajstić information content (AvgIpc) is 2.93. The summed E-state index contributed by atoms with van der Waals surface area (Å²) < 4.78 is 7.60. The molecule has 0 unspecified atom stereocenters. The summed E-state index contributed by atoms with van der Waals surface area (Å²) in [5.74, 6) is 0.666. The van der Waals surface area contributed by atoms with Gasteiger partial charge >= 0.3 is 0 Å². The largest absolute Gasteiger partial charge is 0.373 e. The van der Waals surface area contributed by atoms with Crippen LogP contribution >= 0.6 is 0 Å². The SMILES string of the molecule is CC(C)Cc1cc(C(=O)N2CCC(N3C[C@@H](C)O[C@@H](C)C3)CC2)n(C)n1. The zero-order valence-electron chi connectivity index (χ0n) is 16.9. The van der Waals surface area contributed by atoms with E-state index in [2.05, 4.69) is 37.7 Å². The van der Waals surface area contributed by atoms with Crippen LogP contribution < -0.4 is 0 Å². The van der Waals surface area contributed by atoms with E-state index in [0.717, 1.165) is 51.1 Å². The molecule has 2 aliphatic heterocycles. The standard InChI is InChI=1S/C20H34N4O2/c1-14(2)10-17-11-19(22(5)21-17)20(25)23-8-6-18(7-9-23)24-12-15(3)26-16(4)13-24/h11,14-16,18H,6-10,12-13H2,1-5H3/t15-,16+. The number of ether oxygens (including phenoxy) is 1. The highest BCUT2D eigenvalue weighted by molar-refractivity contribution is 5.92. The molecule has 0 bridgehead atoms. The van der Waals surface area contributed by atoms with Crippen molar-refractivity contribution in [2.75, 3.05) is 26.2 Å². The molecule has 3 rings (SSSR count). The molecular weight excluding hydrogens is 328 g/mol. The Morgan fingerprint density at radius 1 is 1.23 bits per heavy atom. The third-order valence-corrected chi connectivity index (χ3v) is 5.48. The fourth-order valence-corrected chi connectivity index (χ4v) is 4.36. The highest BCUT2D eigenvalue weighted by atomic mass is 16.5. The number of likely N-dealkylation sites (tertiary alicyclic amines) is 1. The number of carbonyl (C=O) groups is 1. The summed E-state index contributed by atoms with van der Waals surface area (Å²) >= 11 is 0.